The number of carbonyl (C=O) groups excluding carboxylic acids is 1. The second kappa shape index (κ2) is 13.7. The van der Waals surface area contributed by atoms with Crippen LogP contribution in [0.1, 0.15) is 50.7 Å². The number of rotatable bonds is 13. The Morgan fingerprint density at radius 1 is 1.10 bits per heavy atom. The quantitative estimate of drug-likeness (QED) is 0.228. The predicted molar refractivity (Wildman–Crippen MR) is 127 cm³/mol. The van der Waals surface area contributed by atoms with Gasteiger partial charge in [-0.1, -0.05) is 38.3 Å². The maximum Gasteiger partial charge on any atom is 0.236 e. The Balaban J connectivity index is 1.83. The SMILES string of the molecule is CCCCCCc1ccc(OCCOc2c(Br)cc(/C=N\NC(C)=O)cc2OC)cc1. The summed E-state index contributed by atoms with van der Waals surface area (Å²) >= 11 is 3.50. The standard InChI is InChI=1S/C24H31BrN2O4/c1-4-5-6-7-8-19-9-11-21(12-10-19)30-13-14-31-24-22(25)15-20(16-23(24)29-3)17-26-27-18(2)28/h9-12,15-17H,4-8,13-14H2,1-3H3,(H,27,28)/b26-17-. The van der Waals surface area contributed by atoms with Crippen molar-refractivity contribution in [3.8, 4) is 17.2 Å². The number of ether oxygens (including phenoxy) is 3. The summed E-state index contributed by atoms with van der Waals surface area (Å²) in [5.74, 6) is 1.75. The highest BCUT2D eigenvalue weighted by atomic mass is 79.9. The molecule has 6 nitrogen and oxygen atoms in total. The van der Waals surface area contributed by atoms with Crippen LogP contribution in [0.4, 0.5) is 0 Å². The molecule has 2 aromatic carbocycles. The number of methoxy groups -OCH3 is 1. The van der Waals surface area contributed by atoms with E-state index in [2.05, 4.69) is 45.5 Å². The number of halogens is 1. The summed E-state index contributed by atoms with van der Waals surface area (Å²) in [6.45, 7) is 4.41. The zero-order valence-corrected chi connectivity index (χ0v) is 20.0. The fraction of sp³-hybridized carbons (Fsp3) is 0.417. The van der Waals surface area contributed by atoms with Crippen LogP contribution in [0.15, 0.2) is 46.0 Å². The summed E-state index contributed by atoms with van der Waals surface area (Å²) in [6.07, 6.45) is 7.73. The largest absolute Gasteiger partial charge is 0.493 e. The van der Waals surface area contributed by atoms with Crippen LogP contribution in [-0.2, 0) is 11.2 Å². The van der Waals surface area contributed by atoms with Crippen LogP contribution in [0, 0.1) is 0 Å². The minimum absolute atomic E-state index is 0.233. The molecule has 0 radical (unpaired) electrons. The van der Waals surface area contributed by atoms with Crippen molar-refractivity contribution in [1.82, 2.24) is 5.43 Å². The molecule has 0 aliphatic rings. The zero-order chi connectivity index (χ0) is 22.5. The van der Waals surface area contributed by atoms with E-state index in [1.54, 1.807) is 13.2 Å². The van der Waals surface area contributed by atoms with Gasteiger partial charge < -0.3 is 14.2 Å². The molecule has 0 fully saturated rings. The van der Waals surface area contributed by atoms with Crippen molar-refractivity contribution >= 4 is 28.1 Å². The molecule has 0 saturated heterocycles. The number of nitrogens with zero attached hydrogens (tertiary/aromatic N) is 1. The molecule has 2 aromatic rings. The van der Waals surface area contributed by atoms with Gasteiger partial charge in [-0.15, -0.1) is 0 Å². The highest BCUT2D eigenvalue weighted by Crippen LogP contribution is 2.36. The molecule has 0 aromatic heterocycles. The van der Waals surface area contributed by atoms with Crippen LogP contribution in [0.25, 0.3) is 0 Å². The molecule has 7 heteroatoms. The van der Waals surface area contributed by atoms with Crippen LogP contribution in [0.5, 0.6) is 17.2 Å². The summed E-state index contributed by atoms with van der Waals surface area (Å²) < 4.78 is 17.8. The third-order valence-corrected chi connectivity index (χ3v) is 5.12. The van der Waals surface area contributed by atoms with Crippen molar-refractivity contribution in [3.05, 3.63) is 52.0 Å². The van der Waals surface area contributed by atoms with E-state index < -0.39 is 0 Å². The second-order valence-corrected chi connectivity index (χ2v) is 7.97. The molecule has 0 aliphatic carbocycles. The van der Waals surface area contributed by atoms with Crippen molar-refractivity contribution in [2.24, 2.45) is 5.10 Å². The molecular weight excluding hydrogens is 460 g/mol. The average molecular weight is 491 g/mol. The molecule has 0 spiro atoms. The lowest BCUT2D eigenvalue weighted by atomic mass is 10.1. The van der Waals surface area contributed by atoms with Gasteiger partial charge in [0.25, 0.3) is 0 Å². The molecule has 2 rings (SSSR count). The number of aryl methyl sites for hydroxylation is 1. The molecule has 1 amide bonds. The monoisotopic (exact) mass is 490 g/mol. The van der Waals surface area contributed by atoms with Gasteiger partial charge in [0.15, 0.2) is 11.5 Å². The lowest BCUT2D eigenvalue weighted by Gasteiger charge is -2.14. The van der Waals surface area contributed by atoms with Gasteiger partial charge >= 0.3 is 0 Å². The van der Waals surface area contributed by atoms with Crippen LogP contribution >= 0.6 is 15.9 Å². The summed E-state index contributed by atoms with van der Waals surface area (Å²) in [4.78, 5) is 10.9. The maximum atomic E-state index is 10.9. The van der Waals surface area contributed by atoms with Gasteiger partial charge in [-0.25, -0.2) is 5.43 Å². The Kier molecular flexibility index (Phi) is 10.9. The third-order valence-electron chi connectivity index (χ3n) is 4.53. The van der Waals surface area contributed by atoms with Crippen molar-refractivity contribution in [1.29, 1.82) is 0 Å². The molecule has 31 heavy (non-hydrogen) atoms. The molecule has 0 aliphatic heterocycles. The van der Waals surface area contributed by atoms with Gasteiger partial charge in [0.05, 0.1) is 17.8 Å². The Labute approximate surface area is 193 Å². The van der Waals surface area contributed by atoms with E-state index in [9.17, 15) is 4.79 Å². The highest BCUT2D eigenvalue weighted by Gasteiger charge is 2.11. The summed E-state index contributed by atoms with van der Waals surface area (Å²) in [7, 11) is 1.57. The molecule has 1 N–H and O–H groups in total. The first kappa shape index (κ1) is 24.7. The minimum atomic E-state index is -0.233. The predicted octanol–water partition coefficient (Wildman–Crippen LogP) is 5.51. The molecule has 168 valence electrons. The van der Waals surface area contributed by atoms with Crippen LogP contribution in [0.3, 0.4) is 0 Å². The number of carbonyl (C=O) groups is 1. The lowest BCUT2D eigenvalue weighted by molar-refractivity contribution is -0.118. The van der Waals surface area contributed by atoms with Gasteiger partial charge in [0.2, 0.25) is 5.91 Å². The highest BCUT2D eigenvalue weighted by molar-refractivity contribution is 9.10. The number of hydrazone groups is 1. The average Bonchev–Trinajstić information content (AvgIpc) is 2.75. The van der Waals surface area contributed by atoms with Gasteiger partial charge in [0.1, 0.15) is 19.0 Å². The summed E-state index contributed by atoms with van der Waals surface area (Å²) in [5, 5.41) is 3.87. The Hall–Kier alpha value is -2.54. The number of hydrogen-bond donors (Lipinski definition) is 1. The molecule has 0 bridgehead atoms. The van der Waals surface area contributed by atoms with Crippen LogP contribution in [0.2, 0.25) is 0 Å². The first-order valence-corrected chi connectivity index (χ1v) is 11.3. The summed E-state index contributed by atoms with van der Waals surface area (Å²) in [6, 6.07) is 11.9. The third kappa shape index (κ3) is 9.00. The van der Waals surface area contributed by atoms with Crippen molar-refractivity contribution in [2.45, 2.75) is 46.0 Å². The molecular formula is C24H31BrN2O4. The van der Waals surface area contributed by atoms with E-state index in [4.69, 9.17) is 14.2 Å². The van der Waals surface area contributed by atoms with E-state index in [0.717, 1.165) is 22.2 Å². The van der Waals surface area contributed by atoms with Gasteiger partial charge in [0, 0.05) is 6.92 Å². The van der Waals surface area contributed by atoms with Gasteiger partial charge in [-0.3, -0.25) is 4.79 Å². The number of unbranched alkanes of at least 4 members (excludes halogenated alkanes) is 3. The van der Waals surface area contributed by atoms with Crippen molar-refractivity contribution in [3.63, 3.8) is 0 Å². The van der Waals surface area contributed by atoms with E-state index in [1.165, 1.54) is 44.4 Å². The van der Waals surface area contributed by atoms with Crippen LogP contribution < -0.4 is 19.6 Å². The van der Waals surface area contributed by atoms with Gasteiger partial charge in [-0.05, 0) is 64.2 Å². The van der Waals surface area contributed by atoms with Crippen molar-refractivity contribution < 1.29 is 19.0 Å². The van der Waals surface area contributed by atoms with Gasteiger partial charge in [-0.2, -0.15) is 5.10 Å². The topological polar surface area (TPSA) is 69.2 Å². The first-order chi connectivity index (χ1) is 15.0. The molecule has 0 saturated carbocycles. The van der Waals surface area contributed by atoms with Crippen molar-refractivity contribution in [2.75, 3.05) is 20.3 Å². The fourth-order valence-corrected chi connectivity index (χ4v) is 3.54. The normalized spacial score (nSPS) is 10.8. The maximum absolute atomic E-state index is 10.9. The molecule has 0 atom stereocenters. The number of benzene rings is 2. The molecule has 0 heterocycles. The minimum Gasteiger partial charge on any atom is -0.493 e. The van der Waals surface area contributed by atoms with Crippen LogP contribution in [-0.4, -0.2) is 32.4 Å². The zero-order valence-electron chi connectivity index (χ0n) is 18.4. The Bertz CT molecular complexity index is 853. The molecule has 0 unspecified atom stereocenters. The Morgan fingerprint density at radius 3 is 2.52 bits per heavy atom. The number of hydrogen-bond acceptors (Lipinski definition) is 5. The van der Waals surface area contributed by atoms with E-state index in [1.807, 2.05) is 18.2 Å². The first-order valence-electron chi connectivity index (χ1n) is 10.5. The number of amides is 1. The van der Waals surface area contributed by atoms with E-state index in [0.29, 0.717) is 24.7 Å². The lowest BCUT2D eigenvalue weighted by Crippen LogP contribution is -2.12. The van der Waals surface area contributed by atoms with E-state index in [-0.39, 0.29) is 5.91 Å². The summed E-state index contributed by atoms with van der Waals surface area (Å²) in [5.41, 5.74) is 4.47. The van der Waals surface area contributed by atoms with E-state index >= 15 is 0 Å². The second-order valence-electron chi connectivity index (χ2n) is 7.11. The number of nitrogens with one attached hydrogen (secondary N) is 1. The smallest absolute Gasteiger partial charge is 0.236 e. The Morgan fingerprint density at radius 2 is 1.84 bits per heavy atom. The fourth-order valence-electron chi connectivity index (χ4n) is 2.96.